The van der Waals surface area contributed by atoms with E-state index >= 15 is 0 Å². The van der Waals surface area contributed by atoms with Crippen molar-refractivity contribution in [3.05, 3.63) is 65.2 Å². The van der Waals surface area contributed by atoms with Crippen molar-refractivity contribution in [3.63, 3.8) is 0 Å². The zero-order valence-electron chi connectivity index (χ0n) is 15.1. The number of benzene rings is 2. The number of sulfonamides is 1. The lowest BCUT2D eigenvalue weighted by Gasteiger charge is -2.11. The highest BCUT2D eigenvalue weighted by Crippen LogP contribution is 2.13. The van der Waals surface area contributed by atoms with Gasteiger partial charge in [0.2, 0.25) is 15.9 Å². The molecule has 0 aliphatic carbocycles. The third-order valence-corrected chi connectivity index (χ3v) is 5.37. The molecule has 0 saturated heterocycles. The summed E-state index contributed by atoms with van der Waals surface area (Å²) in [7, 11) is -3.60. The largest absolute Gasteiger partial charge is 0.352 e. The number of carbonyl (C=O) groups excluding carboxylic acids is 1. The number of rotatable bonds is 8. The number of carbonyl (C=O) groups is 1. The van der Waals surface area contributed by atoms with E-state index in [9.17, 15) is 22.0 Å². The van der Waals surface area contributed by atoms with Gasteiger partial charge in [0.1, 0.15) is 0 Å². The van der Waals surface area contributed by atoms with Gasteiger partial charge in [0.25, 0.3) is 0 Å². The number of hydrogen-bond donors (Lipinski definition) is 2. The van der Waals surface area contributed by atoms with Crippen LogP contribution in [-0.4, -0.2) is 20.4 Å². The fraction of sp³-hybridized carbons (Fsp3) is 0.316. The molecule has 2 N–H and O–H groups in total. The van der Waals surface area contributed by atoms with E-state index in [1.807, 2.05) is 0 Å². The van der Waals surface area contributed by atoms with Crippen molar-refractivity contribution in [2.75, 3.05) is 0 Å². The van der Waals surface area contributed by atoms with Crippen LogP contribution in [0.15, 0.2) is 47.4 Å². The monoisotopic (exact) mass is 396 g/mol. The normalized spacial score (nSPS) is 11.6. The summed E-state index contributed by atoms with van der Waals surface area (Å²) in [6, 6.07) is 9.61. The van der Waals surface area contributed by atoms with Crippen molar-refractivity contribution in [2.45, 2.75) is 44.2 Å². The van der Waals surface area contributed by atoms with Crippen LogP contribution in [0, 0.1) is 11.6 Å². The molecule has 0 aliphatic heterocycles. The number of hydrogen-bond acceptors (Lipinski definition) is 3. The molecule has 0 atom stereocenters. The number of nitrogens with one attached hydrogen (secondary N) is 2. The Hall–Kier alpha value is -2.32. The van der Waals surface area contributed by atoms with Gasteiger partial charge in [-0.1, -0.05) is 18.2 Å². The van der Waals surface area contributed by atoms with E-state index in [1.54, 1.807) is 26.0 Å². The number of halogens is 2. The van der Waals surface area contributed by atoms with Crippen LogP contribution in [0.3, 0.4) is 0 Å². The Morgan fingerprint density at radius 1 is 1.04 bits per heavy atom. The molecule has 5 nitrogen and oxygen atoms in total. The average molecular weight is 396 g/mol. The molecule has 2 aromatic rings. The zero-order chi connectivity index (χ0) is 20.0. The minimum absolute atomic E-state index is 0.109. The first kappa shape index (κ1) is 21.0. The van der Waals surface area contributed by atoms with Crippen LogP contribution < -0.4 is 10.0 Å². The van der Waals surface area contributed by atoms with Gasteiger partial charge in [0.05, 0.1) is 4.90 Å². The predicted octanol–water partition coefficient (Wildman–Crippen LogP) is 2.90. The van der Waals surface area contributed by atoms with Crippen LogP contribution >= 0.6 is 0 Å². The van der Waals surface area contributed by atoms with E-state index in [1.165, 1.54) is 18.2 Å². The van der Waals surface area contributed by atoms with E-state index in [2.05, 4.69) is 10.0 Å². The fourth-order valence-corrected chi connectivity index (χ4v) is 3.76. The molecule has 0 aromatic heterocycles. The van der Waals surface area contributed by atoms with Gasteiger partial charge >= 0.3 is 0 Å². The second-order valence-corrected chi connectivity index (χ2v) is 8.16. The summed E-state index contributed by atoms with van der Waals surface area (Å²) in [5.41, 5.74) is 1.17. The van der Waals surface area contributed by atoms with Gasteiger partial charge in [-0.25, -0.2) is 21.9 Å². The Morgan fingerprint density at radius 3 is 2.44 bits per heavy atom. The molecule has 2 rings (SSSR count). The maximum absolute atomic E-state index is 13.2. The predicted molar refractivity (Wildman–Crippen MR) is 98.4 cm³/mol. The lowest BCUT2D eigenvalue weighted by atomic mass is 10.1. The first-order valence-corrected chi connectivity index (χ1v) is 9.97. The van der Waals surface area contributed by atoms with Gasteiger partial charge < -0.3 is 5.32 Å². The summed E-state index contributed by atoms with van der Waals surface area (Å²) in [6.07, 6.45) is 0.383. The lowest BCUT2D eigenvalue weighted by Crippen LogP contribution is -2.30. The maximum atomic E-state index is 13.2. The molecule has 0 bridgehead atoms. The van der Waals surface area contributed by atoms with E-state index < -0.39 is 21.7 Å². The Bertz CT molecular complexity index is 915. The first-order valence-electron chi connectivity index (χ1n) is 8.49. The highest BCUT2D eigenvalue weighted by molar-refractivity contribution is 7.89. The van der Waals surface area contributed by atoms with Gasteiger partial charge in [-0.15, -0.1) is 0 Å². The molecule has 1 amide bonds. The van der Waals surface area contributed by atoms with Gasteiger partial charge in [-0.3, -0.25) is 4.79 Å². The summed E-state index contributed by atoms with van der Waals surface area (Å²) in [5, 5.41) is 2.69. The molecule has 0 fully saturated rings. The minimum atomic E-state index is -3.60. The number of aryl methyl sites for hydroxylation is 1. The summed E-state index contributed by atoms with van der Waals surface area (Å²) >= 11 is 0. The molecule has 0 radical (unpaired) electrons. The minimum Gasteiger partial charge on any atom is -0.352 e. The van der Waals surface area contributed by atoms with Gasteiger partial charge in [-0.2, -0.15) is 0 Å². The average Bonchev–Trinajstić information content (AvgIpc) is 2.60. The molecular formula is C19H22F2N2O3S. The fourth-order valence-electron chi connectivity index (χ4n) is 2.44. The second kappa shape index (κ2) is 9.05. The first-order chi connectivity index (χ1) is 12.7. The van der Waals surface area contributed by atoms with E-state index in [0.717, 1.165) is 12.1 Å². The van der Waals surface area contributed by atoms with Crippen molar-refractivity contribution < 1.29 is 22.0 Å². The summed E-state index contributed by atoms with van der Waals surface area (Å²) in [5.74, 6) is -2.14. The zero-order valence-corrected chi connectivity index (χ0v) is 15.9. The molecule has 27 heavy (non-hydrogen) atoms. The van der Waals surface area contributed by atoms with E-state index in [4.69, 9.17) is 0 Å². The van der Waals surface area contributed by atoms with Crippen LogP contribution in [0.4, 0.5) is 8.78 Å². The highest BCUT2D eigenvalue weighted by Gasteiger charge is 2.15. The Kier molecular flexibility index (Phi) is 7.04. The smallest absolute Gasteiger partial charge is 0.240 e. The third kappa shape index (κ3) is 6.41. The van der Waals surface area contributed by atoms with Crippen molar-refractivity contribution in [1.29, 1.82) is 0 Å². The van der Waals surface area contributed by atoms with Crippen molar-refractivity contribution >= 4 is 15.9 Å². The van der Waals surface area contributed by atoms with Crippen LogP contribution in [-0.2, 0) is 27.8 Å². The Balaban J connectivity index is 1.91. The van der Waals surface area contributed by atoms with Crippen LogP contribution in [0.5, 0.6) is 0 Å². The van der Waals surface area contributed by atoms with Gasteiger partial charge in [0.15, 0.2) is 11.6 Å². The van der Waals surface area contributed by atoms with E-state index in [-0.39, 0.29) is 36.2 Å². The molecule has 0 unspecified atom stereocenters. The third-order valence-electron chi connectivity index (χ3n) is 3.71. The highest BCUT2D eigenvalue weighted by atomic mass is 32.2. The quantitative estimate of drug-likeness (QED) is 0.721. The summed E-state index contributed by atoms with van der Waals surface area (Å²) in [6.45, 7) is 3.63. The van der Waals surface area contributed by atoms with Crippen LogP contribution in [0.1, 0.15) is 31.4 Å². The topological polar surface area (TPSA) is 75.3 Å². The van der Waals surface area contributed by atoms with Crippen LogP contribution in [0.25, 0.3) is 0 Å². The van der Waals surface area contributed by atoms with Gasteiger partial charge in [-0.05, 0) is 55.7 Å². The van der Waals surface area contributed by atoms with Crippen LogP contribution in [0.2, 0.25) is 0 Å². The second-order valence-electron chi connectivity index (χ2n) is 6.45. The number of amides is 1. The maximum Gasteiger partial charge on any atom is 0.240 e. The summed E-state index contributed by atoms with van der Waals surface area (Å²) in [4.78, 5) is 12.1. The molecule has 146 valence electrons. The molecule has 2 aromatic carbocycles. The Morgan fingerprint density at radius 2 is 1.78 bits per heavy atom. The Labute approximate surface area is 157 Å². The van der Waals surface area contributed by atoms with Crippen molar-refractivity contribution in [3.8, 4) is 0 Å². The van der Waals surface area contributed by atoms with Crippen molar-refractivity contribution in [1.82, 2.24) is 10.0 Å². The van der Waals surface area contributed by atoms with Crippen molar-refractivity contribution in [2.24, 2.45) is 0 Å². The molecule has 0 heterocycles. The molecule has 0 spiro atoms. The molecule has 0 saturated carbocycles. The molecule has 8 heteroatoms. The van der Waals surface area contributed by atoms with Gasteiger partial charge in [0, 0.05) is 19.0 Å². The summed E-state index contributed by atoms with van der Waals surface area (Å²) < 4.78 is 52.9. The molecule has 0 aliphatic rings. The SMILES string of the molecule is CC(C)NS(=O)(=O)c1cccc(CNC(=O)CCc2ccc(F)c(F)c2)c1. The van der Waals surface area contributed by atoms with E-state index in [0.29, 0.717) is 11.1 Å². The lowest BCUT2D eigenvalue weighted by molar-refractivity contribution is -0.121. The molecular weight excluding hydrogens is 374 g/mol. The standard InChI is InChI=1S/C19H22F2N2O3S/c1-13(2)23-27(25,26)16-5-3-4-15(10-16)12-22-19(24)9-7-14-6-8-17(20)18(21)11-14/h3-6,8,10-11,13,23H,7,9,12H2,1-2H3,(H,22,24).